The number of rotatable bonds is 6. The van der Waals surface area contributed by atoms with Crippen LogP contribution in [0.4, 0.5) is 0 Å². The molecule has 10 heteroatoms. The van der Waals surface area contributed by atoms with Crippen LogP contribution in [-0.2, 0) is 12.3 Å². The number of halogens is 1. The first-order valence-electron chi connectivity index (χ1n) is 10.6. The van der Waals surface area contributed by atoms with E-state index in [-0.39, 0.29) is 11.1 Å². The van der Waals surface area contributed by atoms with Crippen LogP contribution in [-0.4, -0.2) is 28.5 Å². The van der Waals surface area contributed by atoms with Gasteiger partial charge in [-0.3, -0.25) is 23.0 Å². The number of aromatic nitrogens is 6. The highest BCUT2D eigenvalue weighted by Gasteiger charge is 2.17. The Bertz CT molecular complexity index is 1620. The summed E-state index contributed by atoms with van der Waals surface area (Å²) in [5.41, 5.74) is 1.65. The third kappa shape index (κ3) is 4.02. The lowest BCUT2D eigenvalue weighted by molar-refractivity contribution is 0.512. The number of pyridine rings is 1. The molecule has 33 heavy (non-hydrogen) atoms. The van der Waals surface area contributed by atoms with E-state index < -0.39 is 0 Å². The van der Waals surface area contributed by atoms with Gasteiger partial charge in [-0.1, -0.05) is 49.3 Å². The normalized spacial score (nSPS) is 11.9. The molecular weight excluding hydrogens is 460 g/mol. The molecule has 0 atom stereocenters. The van der Waals surface area contributed by atoms with Crippen molar-refractivity contribution >= 4 is 45.7 Å². The smallest absolute Gasteiger partial charge is 0.262 e. The number of hydrogen-bond acceptors (Lipinski definition) is 6. The molecule has 0 aliphatic carbocycles. The molecule has 0 N–H and O–H groups in total. The zero-order valence-electron chi connectivity index (χ0n) is 18.1. The summed E-state index contributed by atoms with van der Waals surface area (Å²) in [6, 6.07) is 12.4. The maximum absolute atomic E-state index is 13.1. The molecule has 0 radical (unpaired) electrons. The summed E-state index contributed by atoms with van der Waals surface area (Å²) in [6.07, 6.45) is 2.41. The first-order valence-corrected chi connectivity index (χ1v) is 12.0. The zero-order valence-corrected chi connectivity index (χ0v) is 19.7. The van der Waals surface area contributed by atoms with Gasteiger partial charge >= 0.3 is 0 Å². The average Bonchev–Trinajstić information content (AvgIpc) is 3.22. The molecule has 0 amide bonds. The van der Waals surface area contributed by atoms with Crippen molar-refractivity contribution in [2.45, 2.75) is 37.7 Å². The number of nitrogens with zero attached hydrogens (tertiary/aromatic N) is 6. The van der Waals surface area contributed by atoms with Crippen molar-refractivity contribution in [2.24, 2.45) is 5.92 Å². The number of thioether (sulfide) groups is 1. The summed E-state index contributed by atoms with van der Waals surface area (Å²) in [7, 11) is 0. The molecule has 0 fully saturated rings. The van der Waals surface area contributed by atoms with Gasteiger partial charge in [-0.25, -0.2) is 4.98 Å². The molecule has 168 valence electrons. The minimum atomic E-state index is -0.197. The van der Waals surface area contributed by atoms with Crippen LogP contribution in [0.15, 0.2) is 63.4 Å². The largest absolute Gasteiger partial charge is 0.276 e. The van der Waals surface area contributed by atoms with Gasteiger partial charge in [0.15, 0.2) is 5.16 Å². The Labute approximate surface area is 197 Å². The van der Waals surface area contributed by atoms with Crippen molar-refractivity contribution in [3.63, 3.8) is 0 Å². The van der Waals surface area contributed by atoms with Crippen LogP contribution >= 0.6 is 23.4 Å². The molecule has 0 unspecified atom stereocenters. The van der Waals surface area contributed by atoms with Gasteiger partial charge in [0.1, 0.15) is 5.65 Å². The Kier molecular flexibility index (Phi) is 5.67. The number of aryl methyl sites for hydroxylation is 1. The summed E-state index contributed by atoms with van der Waals surface area (Å²) in [4.78, 5) is 30.2. The molecule has 0 bridgehead atoms. The topological polar surface area (TPSA) is 86.6 Å². The third-order valence-electron chi connectivity index (χ3n) is 5.43. The van der Waals surface area contributed by atoms with E-state index in [2.05, 4.69) is 29.0 Å². The summed E-state index contributed by atoms with van der Waals surface area (Å²) in [5.74, 6) is 1.39. The molecule has 0 spiro atoms. The fourth-order valence-corrected chi connectivity index (χ4v) is 4.75. The predicted octanol–water partition coefficient (Wildman–Crippen LogP) is 4.04. The van der Waals surface area contributed by atoms with E-state index in [9.17, 15) is 9.59 Å². The van der Waals surface area contributed by atoms with Crippen LogP contribution in [0.2, 0.25) is 5.02 Å². The van der Waals surface area contributed by atoms with Gasteiger partial charge in [-0.05, 0) is 36.6 Å². The van der Waals surface area contributed by atoms with Crippen LogP contribution in [0, 0.1) is 5.92 Å². The van der Waals surface area contributed by atoms with Gasteiger partial charge in [0.2, 0.25) is 5.78 Å². The lowest BCUT2D eigenvalue weighted by Crippen LogP contribution is -2.24. The maximum Gasteiger partial charge on any atom is 0.262 e. The van der Waals surface area contributed by atoms with E-state index >= 15 is 0 Å². The standard InChI is InChI=1S/C23H21ClN6O2S/c1-14(2)9-10-28-21(32)17-5-3-4-6-18(17)30-22(28)26-27-23(30)33-13-16-11-20(31)29-12-15(24)7-8-19(29)25-16/h3-8,11-12,14H,9-10,13H2,1-2H3. The summed E-state index contributed by atoms with van der Waals surface area (Å²) < 4.78 is 5.03. The number of hydrogen-bond donors (Lipinski definition) is 0. The minimum Gasteiger partial charge on any atom is -0.276 e. The van der Waals surface area contributed by atoms with Crippen LogP contribution < -0.4 is 11.1 Å². The maximum atomic E-state index is 13.1. The Morgan fingerprint density at radius 3 is 2.73 bits per heavy atom. The monoisotopic (exact) mass is 480 g/mol. The Morgan fingerprint density at radius 2 is 1.91 bits per heavy atom. The SMILES string of the molecule is CC(C)CCn1c(=O)c2ccccc2n2c(SCc3cc(=O)n4cc(Cl)ccc4n3)nnc12. The van der Waals surface area contributed by atoms with Gasteiger partial charge in [-0.2, -0.15) is 0 Å². The summed E-state index contributed by atoms with van der Waals surface area (Å²) in [6.45, 7) is 4.82. The fourth-order valence-electron chi connectivity index (χ4n) is 3.75. The molecule has 4 heterocycles. The molecule has 0 aliphatic rings. The number of fused-ring (bicyclic) bond motifs is 4. The Hall–Kier alpha value is -3.17. The summed E-state index contributed by atoms with van der Waals surface area (Å²) >= 11 is 7.41. The highest BCUT2D eigenvalue weighted by atomic mass is 35.5. The van der Waals surface area contributed by atoms with Crippen LogP contribution in [0.5, 0.6) is 0 Å². The highest BCUT2D eigenvalue weighted by Crippen LogP contribution is 2.24. The second-order valence-electron chi connectivity index (χ2n) is 8.22. The molecular formula is C23H21ClN6O2S. The van der Waals surface area contributed by atoms with Gasteiger partial charge in [0, 0.05) is 24.6 Å². The van der Waals surface area contributed by atoms with Crippen LogP contribution in [0.3, 0.4) is 0 Å². The highest BCUT2D eigenvalue weighted by molar-refractivity contribution is 7.98. The van der Waals surface area contributed by atoms with E-state index in [1.165, 1.54) is 22.2 Å². The second kappa shape index (κ2) is 8.64. The quantitative estimate of drug-likeness (QED) is 0.341. The average molecular weight is 481 g/mol. The third-order valence-corrected chi connectivity index (χ3v) is 6.62. The zero-order chi connectivity index (χ0) is 23.1. The first-order chi connectivity index (χ1) is 15.9. The predicted molar refractivity (Wildman–Crippen MR) is 130 cm³/mol. The molecule has 0 saturated heterocycles. The van der Waals surface area contributed by atoms with Crippen LogP contribution in [0.25, 0.3) is 22.3 Å². The van der Waals surface area contributed by atoms with E-state index in [0.717, 1.165) is 11.9 Å². The van der Waals surface area contributed by atoms with Crippen molar-refractivity contribution in [1.82, 2.24) is 28.5 Å². The molecule has 0 aliphatic heterocycles. The lowest BCUT2D eigenvalue weighted by atomic mass is 10.1. The summed E-state index contributed by atoms with van der Waals surface area (Å²) in [5, 5.41) is 10.5. The first kappa shape index (κ1) is 21.7. The number of benzene rings is 1. The van der Waals surface area contributed by atoms with Crippen molar-refractivity contribution in [3.8, 4) is 0 Å². The van der Waals surface area contributed by atoms with Crippen LogP contribution in [0.1, 0.15) is 26.0 Å². The number of para-hydroxylation sites is 1. The molecule has 5 rings (SSSR count). The molecule has 1 aromatic carbocycles. The van der Waals surface area contributed by atoms with E-state index in [1.807, 2.05) is 28.7 Å². The van der Waals surface area contributed by atoms with Crippen molar-refractivity contribution < 1.29 is 0 Å². The Balaban J connectivity index is 1.57. The van der Waals surface area contributed by atoms with Gasteiger partial charge in [0.05, 0.1) is 21.6 Å². The van der Waals surface area contributed by atoms with E-state index in [0.29, 0.717) is 50.9 Å². The van der Waals surface area contributed by atoms with Gasteiger partial charge < -0.3 is 0 Å². The lowest BCUT2D eigenvalue weighted by Gasteiger charge is -2.12. The van der Waals surface area contributed by atoms with E-state index in [1.54, 1.807) is 22.9 Å². The molecule has 4 aromatic heterocycles. The minimum absolute atomic E-state index is 0.0643. The van der Waals surface area contributed by atoms with Crippen molar-refractivity contribution in [1.29, 1.82) is 0 Å². The molecule has 5 aromatic rings. The van der Waals surface area contributed by atoms with Crippen molar-refractivity contribution in [2.75, 3.05) is 0 Å². The van der Waals surface area contributed by atoms with E-state index in [4.69, 9.17) is 11.6 Å². The van der Waals surface area contributed by atoms with Gasteiger partial charge in [-0.15, -0.1) is 10.2 Å². The fraction of sp³-hybridized carbons (Fsp3) is 0.261. The molecule has 8 nitrogen and oxygen atoms in total. The molecule has 0 saturated carbocycles. The van der Waals surface area contributed by atoms with Crippen molar-refractivity contribution in [3.05, 3.63) is 80.1 Å². The second-order valence-corrected chi connectivity index (χ2v) is 9.60. The van der Waals surface area contributed by atoms with Gasteiger partial charge in [0.25, 0.3) is 11.1 Å². The Morgan fingerprint density at radius 1 is 1.09 bits per heavy atom.